The summed E-state index contributed by atoms with van der Waals surface area (Å²) in [5, 5.41) is 0.160. The number of carbonyl (C=O) groups is 1. The maximum Gasteiger partial charge on any atom is 0.185 e. The highest BCUT2D eigenvalue weighted by Crippen LogP contribution is 2.08. The lowest BCUT2D eigenvalue weighted by Gasteiger charge is -1.98. The van der Waals surface area contributed by atoms with Crippen molar-refractivity contribution in [1.29, 1.82) is 0 Å². The second kappa shape index (κ2) is 6.40. The predicted molar refractivity (Wildman–Crippen MR) is 70.6 cm³/mol. The molecular formula is C14H16OS. The van der Waals surface area contributed by atoms with Crippen LogP contribution < -0.4 is 0 Å². The van der Waals surface area contributed by atoms with Crippen LogP contribution in [0.2, 0.25) is 0 Å². The van der Waals surface area contributed by atoms with E-state index in [0.29, 0.717) is 0 Å². The Hall–Kier alpha value is -1.20. The van der Waals surface area contributed by atoms with Crippen LogP contribution in [0.3, 0.4) is 0 Å². The Bertz CT molecular complexity index is 438. The molecule has 0 aliphatic heterocycles. The van der Waals surface area contributed by atoms with E-state index < -0.39 is 0 Å². The van der Waals surface area contributed by atoms with Crippen molar-refractivity contribution in [3.05, 3.63) is 34.9 Å². The van der Waals surface area contributed by atoms with E-state index in [1.807, 2.05) is 6.07 Å². The highest BCUT2D eigenvalue weighted by Gasteiger charge is 1.93. The van der Waals surface area contributed by atoms with Crippen molar-refractivity contribution in [2.45, 2.75) is 27.2 Å². The number of rotatable bonds is 2. The van der Waals surface area contributed by atoms with E-state index in [4.69, 9.17) is 0 Å². The minimum atomic E-state index is 0.160. The summed E-state index contributed by atoms with van der Waals surface area (Å²) in [7, 11) is 0. The van der Waals surface area contributed by atoms with Crippen molar-refractivity contribution >= 4 is 16.9 Å². The lowest BCUT2D eigenvalue weighted by molar-refractivity contribution is -0.109. The SMILES string of the molecule is CC(=O)SCCC#Cc1ccc(C)c(C)c1. The van der Waals surface area contributed by atoms with Gasteiger partial charge in [0.1, 0.15) is 0 Å². The first-order valence-electron chi connectivity index (χ1n) is 5.29. The average Bonchev–Trinajstić information content (AvgIpc) is 2.22. The molecule has 0 fully saturated rings. The molecule has 0 aliphatic rings. The molecule has 0 bridgehead atoms. The molecule has 2 heteroatoms. The van der Waals surface area contributed by atoms with E-state index in [1.54, 1.807) is 6.92 Å². The molecule has 0 aromatic heterocycles. The minimum absolute atomic E-state index is 0.160. The maximum absolute atomic E-state index is 10.7. The zero-order valence-corrected chi connectivity index (χ0v) is 10.8. The highest BCUT2D eigenvalue weighted by atomic mass is 32.2. The van der Waals surface area contributed by atoms with Gasteiger partial charge in [-0.25, -0.2) is 0 Å². The van der Waals surface area contributed by atoms with Gasteiger partial charge in [0.05, 0.1) is 0 Å². The summed E-state index contributed by atoms with van der Waals surface area (Å²) < 4.78 is 0. The van der Waals surface area contributed by atoms with Gasteiger partial charge in [0.15, 0.2) is 5.12 Å². The molecule has 0 heterocycles. The zero-order chi connectivity index (χ0) is 12.0. The molecule has 1 aromatic rings. The Kier molecular flexibility index (Phi) is 5.14. The summed E-state index contributed by atoms with van der Waals surface area (Å²) in [4.78, 5) is 10.7. The topological polar surface area (TPSA) is 17.1 Å². The number of hydrogen-bond acceptors (Lipinski definition) is 2. The van der Waals surface area contributed by atoms with Gasteiger partial charge >= 0.3 is 0 Å². The molecule has 1 nitrogen and oxygen atoms in total. The van der Waals surface area contributed by atoms with Crippen LogP contribution in [-0.2, 0) is 4.79 Å². The summed E-state index contributed by atoms with van der Waals surface area (Å²) >= 11 is 1.33. The maximum atomic E-state index is 10.7. The van der Waals surface area contributed by atoms with E-state index in [0.717, 1.165) is 17.7 Å². The zero-order valence-electron chi connectivity index (χ0n) is 9.96. The van der Waals surface area contributed by atoms with Crippen LogP contribution >= 0.6 is 11.8 Å². The van der Waals surface area contributed by atoms with Crippen LogP contribution in [0.25, 0.3) is 0 Å². The smallest absolute Gasteiger partial charge is 0.185 e. The van der Waals surface area contributed by atoms with Crippen LogP contribution in [0, 0.1) is 25.7 Å². The molecule has 0 saturated carbocycles. The summed E-state index contributed by atoms with van der Waals surface area (Å²) in [6.45, 7) is 5.77. The summed E-state index contributed by atoms with van der Waals surface area (Å²) in [5.74, 6) is 6.98. The Morgan fingerprint density at radius 1 is 1.31 bits per heavy atom. The van der Waals surface area contributed by atoms with Crippen LogP contribution in [0.5, 0.6) is 0 Å². The van der Waals surface area contributed by atoms with Gasteiger partial charge < -0.3 is 0 Å². The Balaban J connectivity index is 2.50. The normalized spacial score (nSPS) is 9.44. The Morgan fingerprint density at radius 3 is 2.69 bits per heavy atom. The Labute approximate surface area is 102 Å². The first kappa shape index (κ1) is 12.9. The van der Waals surface area contributed by atoms with Gasteiger partial charge in [-0.15, -0.1) is 0 Å². The van der Waals surface area contributed by atoms with Gasteiger partial charge in [0.25, 0.3) is 0 Å². The molecule has 0 unspecified atom stereocenters. The summed E-state index contributed by atoms with van der Waals surface area (Å²) in [5.41, 5.74) is 3.61. The average molecular weight is 232 g/mol. The largest absolute Gasteiger partial charge is 0.288 e. The third-order valence-corrected chi connectivity index (χ3v) is 3.09. The number of benzene rings is 1. The molecule has 0 saturated heterocycles. The van der Waals surface area contributed by atoms with E-state index in [2.05, 4.69) is 37.8 Å². The molecule has 16 heavy (non-hydrogen) atoms. The quantitative estimate of drug-likeness (QED) is 0.574. The predicted octanol–water partition coefficient (Wildman–Crippen LogP) is 3.32. The first-order valence-corrected chi connectivity index (χ1v) is 6.27. The summed E-state index contributed by atoms with van der Waals surface area (Å²) in [6, 6.07) is 6.22. The molecule has 1 rings (SSSR count). The van der Waals surface area contributed by atoms with Gasteiger partial charge in [0, 0.05) is 24.7 Å². The highest BCUT2D eigenvalue weighted by molar-refractivity contribution is 8.13. The number of hydrogen-bond donors (Lipinski definition) is 0. The third kappa shape index (κ3) is 4.55. The molecule has 84 valence electrons. The van der Waals surface area contributed by atoms with Crippen molar-refractivity contribution in [2.75, 3.05) is 5.75 Å². The summed E-state index contributed by atoms with van der Waals surface area (Å²) in [6.07, 6.45) is 0.761. The van der Waals surface area contributed by atoms with E-state index in [9.17, 15) is 4.79 Å². The molecule has 0 N–H and O–H groups in total. The van der Waals surface area contributed by atoms with Crippen LogP contribution in [0.15, 0.2) is 18.2 Å². The number of carbonyl (C=O) groups excluding carboxylic acids is 1. The molecule has 0 radical (unpaired) electrons. The molecule has 0 spiro atoms. The van der Waals surface area contributed by atoms with Gasteiger partial charge in [-0.05, 0) is 37.1 Å². The third-order valence-electron chi connectivity index (χ3n) is 2.27. The van der Waals surface area contributed by atoms with E-state index >= 15 is 0 Å². The second-order valence-corrected chi connectivity index (χ2v) is 4.96. The molecular weight excluding hydrogens is 216 g/mol. The molecule has 0 amide bonds. The van der Waals surface area contributed by atoms with E-state index in [1.165, 1.54) is 22.9 Å². The Morgan fingerprint density at radius 2 is 2.06 bits per heavy atom. The van der Waals surface area contributed by atoms with E-state index in [-0.39, 0.29) is 5.12 Å². The van der Waals surface area contributed by atoms with Crippen molar-refractivity contribution in [2.24, 2.45) is 0 Å². The molecule has 0 aliphatic carbocycles. The fourth-order valence-corrected chi connectivity index (χ4v) is 1.72. The van der Waals surface area contributed by atoms with Crippen LogP contribution in [0.1, 0.15) is 30.0 Å². The number of aryl methyl sites for hydroxylation is 2. The minimum Gasteiger partial charge on any atom is -0.288 e. The first-order chi connectivity index (χ1) is 7.59. The standard InChI is InChI=1S/C14H16OS/c1-11-7-8-14(10-12(11)2)6-4-5-9-16-13(3)15/h7-8,10H,5,9H2,1-3H3. The monoisotopic (exact) mass is 232 g/mol. The fraction of sp³-hybridized carbons (Fsp3) is 0.357. The van der Waals surface area contributed by atoms with Gasteiger partial charge in [-0.3, -0.25) is 4.79 Å². The lowest BCUT2D eigenvalue weighted by atomic mass is 10.1. The van der Waals surface area contributed by atoms with Crippen LogP contribution in [-0.4, -0.2) is 10.9 Å². The second-order valence-electron chi connectivity index (χ2n) is 3.69. The van der Waals surface area contributed by atoms with Crippen molar-refractivity contribution in [3.8, 4) is 11.8 Å². The van der Waals surface area contributed by atoms with Crippen molar-refractivity contribution in [1.82, 2.24) is 0 Å². The van der Waals surface area contributed by atoms with Gasteiger partial charge in [0.2, 0.25) is 0 Å². The van der Waals surface area contributed by atoms with Gasteiger partial charge in [-0.2, -0.15) is 0 Å². The van der Waals surface area contributed by atoms with Crippen molar-refractivity contribution < 1.29 is 4.79 Å². The number of thioether (sulfide) groups is 1. The molecule has 0 atom stereocenters. The fourth-order valence-electron chi connectivity index (χ4n) is 1.23. The van der Waals surface area contributed by atoms with Crippen LogP contribution in [0.4, 0.5) is 0 Å². The molecule has 1 aromatic carbocycles. The van der Waals surface area contributed by atoms with Gasteiger partial charge in [-0.1, -0.05) is 29.7 Å². The lowest BCUT2D eigenvalue weighted by Crippen LogP contribution is -1.85. The van der Waals surface area contributed by atoms with Crippen molar-refractivity contribution in [3.63, 3.8) is 0 Å².